The Kier molecular flexibility index (Phi) is 10.4. The summed E-state index contributed by atoms with van der Waals surface area (Å²) in [5, 5.41) is 3.31. The first-order valence-corrected chi connectivity index (χ1v) is 11.3. The Morgan fingerprint density at radius 2 is 1.73 bits per heavy atom. The van der Waals surface area contributed by atoms with Gasteiger partial charge in [-0.15, -0.1) is 0 Å². The molecule has 33 heavy (non-hydrogen) atoms. The molecule has 7 nitrogen and oxygen atoms in total. The molecule has 0 fully saturated rings. The van der Waals surface area contributed by atoms with Gasteiger partial charge in [0.05, 0.1) is 11.3 Å². The van der Waals surface area contributed by atoms with Crippen molar-refractivity contribution in [2.24, 2.45) is 7.05 Å². The van der Waals surface area contributed by atoms with Crippen LogP contribution < -0.4 is 10.9 Å². The molecular weight excluding hydrogens is 416 g/mol. The molecule has 3 rings (SSSR count). The average Bonchev–Trinajstić information content (AvgIpc) is 3.06. The summed E-state index contributed by atoms with van der Waals surface area (Å²) in [5.74, 6) is -0.262. The molecule has 0 saturated carbocycles. The summed E-state index contributed by atoms with van der Waals surface area (Å²) in [7, 11) is 5.78. The predicted octanol–water partition coefficient (Wildman–Crippen LogP) is 4.10. The third-order valence-corrected chi connectivity index (χ3v) is 5.10. The van der Waals surface area contributed by atoms with Gasteiger partial charge in [-0.25, -0.2) is 9.48 Å². The second-order valence-electron chi connectivity index (χ2n) is 8.09. The average molecular weight is 453 g/mol. The van der Waals surface area contributed by atoms with Crippen molar-refractivity contribution in [3.63, 3.8) is 0 Å². The maximum atomic E-state index is 11.7. The van der Waals surface area contributed by atoms with Gasteiger partial charge in [0.2, 0.25) is 0 Å². The monoisotopic (exact) mass is 452 g/mol. The van der Waals surface area contributed by atoms with E-state index in [1.807, 2.05) is 80.1 Å². The Labute approximate surface area is 196 Å². The van der Waals surface area contributed by atoms with Crippen LogP contribution in [0.25, 0.3) is 5.69 Å². The first-order chi connectivity index (χ1) is 15.8. The second-order valence-corrected chi connectivity index (χ2v) is 8.09. The number of benzene rings is 2. The molecule has 0 aliphatic rings. The predicted molar refractivity (Wildman–Crippen MR) is 134 cm³/mol. The zero-order valence-corrected chi connectivity index (χ0v) is 20.4. The minimum absolute atomic E-state index is 0.0104. The zero-order chi connectivity index (χ0) is 24.2. The van der Waals surface area contributed by atoms with Crippen LogP contribution in [0, 0.1) is 6.92 Å². The smallest absolute Gasteiger partial charge is 0.338 e. The van der Waals surface area contributed by atoms with E-state index < -0.39 is 0 Å². The third kappa shape index (κ3) is 8.27. The van der Waals surface area contributed by atoms with E-state index in [1.165, 1.54) is 6.42 Å². The van der Waals surface area contributed by atoms with Gasteiger partial charge in [-0.3, -0.25) is 9.48 Å². The normalized spacial score (nSPS) is 10.5. The van der Waals surface area contributed by atoms with Crippen molar-refractivity contribution in [1.29, 1.82) is 0 Å². The molecule has 0 saturated heterocycles. The summed E-state index contributed by atoms with van der Waals surface area (Å²) < 4.78 is 8.67. The Morgan fingerprint density at radius 3 is 2.27 bits per heavy atom. The van der Waals surface area contributed by atoms with Crippen LogP contribution in [0.3, 0.4) is 0 Å². The fourth-order valence-electron chi connectivity index (χ4n) is 3.05. The van der Waals surface area contributed by atoms with Crippen molar-refractivity contribution < 1.29 is 9.53 Å². The van der Waals surface area contributed by atoms with Crippen LogP contribution in [0.15, 0.2) is 65.5 Å². The van der Waals surface area contributed by atoms with Crippen LogP contribution in [0.1, 0.15) is 35.8 Å². The molecule has 178 valence electrons. The van der Waals surface area contributed by atoms with Crippen molar-refractivity contribution in [3.05, 3.63) is 82.3 Å². The number of carbonyl (C=O) groups excluding carboxylic acids is 1. The number of hydrogen-bond acceptors (Lipinski definition) is 5. The second kappa shape index (κ2) is 13.3. The minimum Gasteiger partial charge on any atom is -0.461 e. The van der Waals surface area contributed by atoms with Crippen LogP contribution in [-0.4, -0.2) is 54.0 Å². The van der Waals surface area contributed by atoms with Gasteiger partial charge in [0, 0.05) is 37.6 Å². The lowest BCUT2D eigenvalue weighted by atomic mass is 10.2. The number of nitrogens with zero attached hydrogens (tertiary/aromatic N) is 3. The van der Waals surface area contributed by atoms with Gasteiger partial charge in [-0.1, -0.05) is 31.5 Å². The SMILES string of the molecule is CCCCNc1ccc(C(=O)OCCN(C)C)cc1.Cc1cc(=O)n(-c2ccccc2)n1C. The lowest BCUT2D eigenvalue weighted by Crippen LogP contribution is -2.20. The Balaban J connectivity index is 0.000000243. The van der Waals surface area contributed by atoms with Crippen molar-refractivity contribution in [3.8, 4) is 5.69 Å². The van der Waals surface area contributed by atoms with Gasteiger partial charge in [0.1, 0.15) is 6.61 Å². The van der Waals surface area contributed by atoms with E-state index in [4.69, 9.17) is 4.74 Å². The molecule has 1 aromatic heterocycles. The molecule has 0 amide bonds. The number of hydrogen-bond donors (Lipinski definition) is 1. The third-order valence-electron chi connectivity index (χ3n) is 5.10. The number of esters is 1. The maximum absolute atomic E-state index is 11.7. The molecule has 1 N–H and O–H groups in total. The van der Waals surface area contributed by atoms with E-state index in [-0.39, 0.29) is 11.5 Å². The lowest BCUT2D eigenvalue weighted by Gasteiger charge is -2.10. The highest BCUT2D eigenvalue weighted by Gasteiger charge is 2.07. The van der Waals surface area contributed by atoms with Gasteiger partial charge in [-0.2, -0.15) is 0 Å². The van der Waals surface area contributed by atoms with E-state index in [9.17, 15) is 9.59 Å². The highest BCUT2D eigenvalue weighted by atomic mass is 16.5. The van der Waals surface area contributed by atoms with E-state index in [2.05, 4.69) is 12.2 Å². The van der Waals surface area contributed by atoms with Gasteiger partial charge in [0.15, 0.2) is 0 Å². The fraction of sp³-hybridized carbons (Fsp3) is 0.385. The first kappa shape index (κ1) is 25.9. The topological polar surface area (TPSA) is 68.5 Å². The van der Waals surface area contributed by atoms with Gasteiger partial charge in [-0.05, 0) is 63.8 Å². The number of ether oxygens (including phenoxy) is 1. The Hall–Kier alpha value is -3.32. The molecule has 7 heteroatoms. The number of para-hydroxylation sites is 1. The molecule has 0 aliphatic carbocycles. The maximum Gasteiger partial charge on any atom is 0.338 e. The minimum atomic E-state index is -0.262. The summed E-state index contributed by atoms with van der Waals surface area (Å²) in [6.45, 7) is 6.20. The molecule has 0 bridgehead atoms. The molecule has 0 atom stereocenters. The molecule has 0 unspecified atom stereocenters. The summed E-state index contributed by atoms with van der Waals surface area (Å²) >= 11 is 0. The van der Waals surface area contributed by atoms with Gasteiger partial charge >= 0.3 is 5.97 Å². The summed E-state index contributed by atoms with van der Waals surface area (Å²) in [6, 6.07) is 18.7. The number of unbranched alkanes of at least 4 members (excludes halogenated alkanes) is 1. The molecule has 1 heterocycles. The van der Waals surface area contributed by atoms with Crippen LogP contribution in [0.4, 0.5) is 5.69 Å². The van der Waals surface area contributed by atoms with E-state index in [0.717, 1.165) is 36.6 Å². The van der Waals surface area contributed by atoms with Crippen LogP contribution in [0.2, 0.25) is 0 Å². The molecule has 0 aliphatic heterocycles. The van der Waals surface area contributed by atoms with Crippen LogP contribution >= 0.6 is 0 Å². The quantitative estimate of drug-likeness (QED) is 0.391. The van der Waals surface area contributed by atoms with E-state index in [1.54, 1.807) is 22.9 Å². The fourth-order valence-corrected chi connectivity index (χ4v) is 3.05. The van der Waals surface area contributed by atoms with Crippen LogP contribution in [0.5, 0.6) is 0 Å². The van der Waals surface area contributed by atoms with E-state index >= 15 is 0 Å². The van der Waals surface area contributed by atoms with E-state index in [0.29, 0.717) is 12.2 Å². The number of aryl methyl sites for hydroxylation is 1. The van der Waals surface area contributed by atoms with Crippen molar-refractivity contribution >= 4 is 11.7 Å². The number of carbonyl (C=O) groups is 1. The lowest BCUT2D eigenvalue weighted by molar-refractivity contribution is 0.0482. The largest absolute Gasteiger partial charge is 0.461 e. The van der Waals surface area contributed by atoms with Crippen molar-refractivity contribution in [1.82, 2.24) is 14.3 Å². The Bertz CT molecular complexity index is 1040. The number of aromatic nitrogens is 2. The first-order valence-electron chi connectivity index (χ1n) is 11.3. The summed E-state index contributed by atoms with van der Waals surface area (Å²) in [6.07, 6.45) is 2.32. The van der Waals surface area contributed by atoms with Crippen molar-refractivity contribution in [2.45, 2.75) is 26.7 Å². The molecule has 2 aromatic carbocycles. The molecule has 3 aromatic rings. The molecular formula is C26H36N4O3. The van der Waals surface area contributed by atoms with Crippen LogP contribution in [-0.2, 0) is 11.8 Å². The number of nitrogens with one attached hydrogen (secondary N) is 1. The van der Waals surface area contributed by atoms with Gasteiger partial charge < -0.3 is 15.0 Å². The molecule has 0 radical (unpaired) electrons. The van der Waals surface area contributed by atoms with Crippen molar-refractivity contribution in [2.75, 3.05) is 39.1 Å². The van der Waals surface area contributed by atoms with Gasteiger partial charge in [0.25, 0.3) is 5.56 Å². The summed E-state index contributed by atoms with van der Waals surface area (Å²) in [4.78, 5) is 25.3. The highest BCUT2D eigenvalue weighted by Crippen LogP contribution is 2.11. The number of rotatable bonds is 9. The highest BCUT2D eigenvalue weighted by molar-refractivity contribution is 5.89. The molecule has 0 spiro atoms. The Morgan fingerprint density at radius 1 is 1.06 bits per heavy atom. The zero-order valence-electron chi connectivity index (χ0n) is 20.4. The number of anilines is 1. The summed E-state index contributed by atoms with van der Waals surface area (Å²) in [5.41, 5.74) is 3.50. The standard InChI is InChI=1S/C15H24N2O2.C11H12N2O/c1-4-5-10-16-14-8-6-13(7-9-14)15(18)19-12-11-17(2)3;1-9-8-11(14)13(12(9)2)10-6-4-3-5-7-10/h6-9,16H,4-5,10-12H2,1-3H3;3-8H,1-2H3. The number of likely N-dealkylation sites (N-methyl/N-ethyl adjacent to an activating group) is 1.